The van der Waals surface area contributed by atoms with Gasteiger partial charge in [-0.05, 0) is 36.6 Å². The summed E-state index contributed by atoms with van der Waals surface area (Å²) in [5.74, 6) is 0. The Morgan fingerprint density at radius 3 is 2.67 bits per heavy atom. The molecule has 1 aromatic rings. The summed E-state index contributed by atoms with van der Waals surface area (Å²) >= 11 is 5.87. The predicted molar refractivity (Wildman–Crippen MR) is 55.5 cm³/mol. The monoisotopic (exact) mass is 180 g/mol. The molecule has 1 heteroatoms. The van der Waals surface area contributed by atoms with E-state index < -0.39 is 0 Å². The smallest absolute Gasteiger partial charge is 0.0409 e. The van der Waals surface area contributed by atoms with Crippen LogP contribution in [0, 0.1) is 0 Å². The average Bonchev–Trinajstić information content (AvgIpc) is 2.03. The SMILES string of the molecule is C=C(C)c1ccc(Cl)cc1CC. The molecule has 1 rings (SSSR count). The standard InChI is InChI=1S/C11H13Cl/c1-4-9-7-10(12)5-6-11(9)8(2)3/h5-7H,2,4H2,1,3H3. The maximum Gasteiger partial charge on any atom is 0.0409 e. The summed E-state index contributed by atoms with van der Waals surface area (Å²) in [5.41, 5.74) is 3.60. The van der Waals surface area contributed by atoms with E-state index in [1.54, 1.807) is 0 Å². The minimum Gasteiger partial charge on any atom is -0.0955 e. The van der Waals surface area contributed by atoms with E-state index in [2.05, 4.69) is 13.5 Å². The normalized spacial score (nSPS) is 9.92. The molecule has 0 heterocycles. The molecule has 0 saturated heterocycles. The van der Waals surface area contributed by atoms with Crippen LogP contribution >= 0.6 is 11.6 Å². The van der Waals surface area contributed by atoms with Gasteiger partial charge in [0.25, 0.3) is 0 Å². The van der Waals surface area contributed by atoms with Crippen LogP contribution in [0.4, 0.5) is 0 Å². The molecular weight excluding hydrogens is 168 g/mol. The fraction of sp³-hybridized carbons (Fsp3) is 0.273. The third-order valence-electron chi connectivity index (χ3n) is 1.91. The van der Waals surface area contributed by atoms with Gasteiger partial charge >= 0.3 is 0 Å². The van der Waals surface area contributed by atoms with E-state index >= 15 is 0 Å². The second-order valence-electron chi connectivity index (χ2n) is 2.94. The Balaban J connectivity index is 3.20. The molecule has 0 atom stereocenters. The molecule has 0 unspecified atom stereocenters. The van der Waals surface area contributed by atoms with Crippen molar-refractivity contribution in [3.8, 4) is 0 Å². The summed E-state index contributed by atoms with van der Waals surface area (Å²) in [4.78, 5) is 0. The molecule has 0 aliphatic rings. The third kappa shape index (κ3) is 1.89. The second-order valence-corrected chi connectivity index (χ2v) is 3.37. The summed E-state index contributed by atoms with van der Waals surface area (Å²) in [6.07, 6.45) is 1.00. The fourth-order valence-electron chi connectivity index (χ4n) is 1.27. The van der Waals surface area contributed by atoms with Gasteiger partial charge in [-0.3, -0.25) is 0 Å². The van der Waals surface area contributed by atoms with Crippen molar-refractivity contribution in [1.29, 1.82) is 0 Å². The van der Waals surface area contributed by atoms with Crippen molar-refractivity contribution in [2.24, 2.45) is 0 Å². The molecule has 1 aromatic carbocycles. The van der Waals surface area contributed by atoms with Crippen LogP contribution in [0.25, 0.3) is 5.57 Å². The van der Waals surface area contributed by atoms with E-state index in [9.17, 15) is 0 Å². The van der Waals surface area contributed by atoms with E-state index in [-0.39, 0.29) is 0 Å². The van der Waals surface area contributed by atoms with Crippen LogP contribution in [-0.2, 0) is 6.42 Å². The van der Waals surface area contributed by atoms with E-state index in [1.165, 1.54) is 11.1 Å². The zero-order valence-corrected chi connectivity index (χ0v) is 8.28. The Labute approximate surface area is 78.9 Å². The number of aryl methyl sites for hydroxylation is 1. The van der Waals surface area contributed by atoms with Gasteiger partial charge in [0.15, 0.2) is 0 Å². The molecule has 0 bridgehead atoms. The molecule has 0 saturated carbocycles. The Morgan fingerprint density at radius 1 is 1.50 bits per heavy atom. The van der Waals surface area contributed by atoms with Gasteiger partial charge in [-0.15, -0.1) is 0 Å². The van der Waals surface area contributed by atoms with Crippen LogP contribution < -0.4 is 0 Å². The number of hydrogen-bond acceptors (Lipinski definition) is 0. The number of rotatable bonds is 2. The van der Waals surface area contributed by atoms with Gasteiger partial charge in [0.05, 0.1) is 0 Å². The lowest BCUT2D eigenvalue weighted by Crippen LogP contribution is -1.88. The first kappa shape index (κ1) is 9.34. The largest absolute Gasteiger partial charge is 0.0955 e. The zero-order valence-electron chi connectivity index (χ0n) is 7.52. The van der Waals surface area contributed by atoms with Gasteiger partial charge in [-0.25, -0.2) is 0 Å². The van der Waals surface area contributed by atoms with Gasteiger partial charge in [-0.1, -0.05) is 36.7 Å². The lowest BCUT2D eigenvalue weighted by atomic mass is 10.0. The maximum atomic E-state index is 5.87. The van der Waals surface area contributed by atoms with E-state index in [4.69, 9.17) is 11.6 Å². The predicted octanol–water partition coefficient (Wildman–Crippen LogP) is 3.94. The van der Waals surface area contributed by atoms with Crippen LogP contribution in [-0.4, -0.2) is 0 Å². The molecule has 0 aromatic heterocycles. The molecular formula is C11H13Cl. The first-order chi connectivity index (χ1) is 5.65. The maximum absolute atomic E-state index is 5.87. The highest BCUT2D eigenvalue weighted by Crippen LogP contribution is 2.21. The Hall–Kier alpha value is -0.750. The van der Waals surface area contributed by atoms with Gasteiger partial charge < -0.3 is 0 Å². The van der Waals surface area contributed by atoms with Gasteiger partial charge in [0.1, 0.15) is 0 Å². The molecule has 0 N–H and O–H groups in total. The Bertz CT molecular complexity index is 300. The molecule has 0 nitrogen and oxygen atoms in total. The van der Waals surface area contributed by atoms with Gasteiger partial charge in [0, 0.05) is 5.02 Å². The molecule has 0 fully saturated rings. The van der Waals surface area contributed by atoms with E-state index in [0.29, 0.717) is 0 Å². The Morgan fingerprint density at radius 2 is 2.17 bits per heavy atom. The van der Waals surface area contributed by atoms with Crippen LogP contribution in [0.3, 0.4) is 0 Å². The van der Waals surface area contributed by atoms with Crippen molar-refractivity contribution >= 4 is 17.2 Å². The third-order valence-corrected chi connectivity index (χ3v) is 2.14. The summed E-state index contributed by atoms with van der Waals surface area (Å²) in [5, 5.41) is 0.803. The molecule has 0 aliphatic heterocycles. The number of allylic oxidation sites excluding steroid dienone is 1. The molecule has 0 radical (unpaired) electrons. The first-order valence-electron chi connectivity index (χ1n) is 4.09. The topological polar surface area (TPSA) is 0 Å². The van der Waals surface area contributed by atoms with Crippen molar-refractivity contribution in [3.05, 3.63) is 40.9 Å². The highest BCUT2D eigenvalue weighted by Gasteiger charge is 2.01. The number of hydrogen-bond donors (Lipinski definition) is 0. The Kier molecular flexibility index (Phi) is 2.93. The molecule has 64 valence electrons. The van der Waals surface area contributed by atoms with Crippen molar-refractivity contribution in [1.82, 2.24) is 0 Å². The molecule has 0 amide bonds. The van der Waals surface area contributed by atoms with Crippen LogP contribution in [0.5, 0.6) is 0 Å². The van der Waals surface area contributed by atoms with Gasteiger partial charge in [0.2, 0.25) is 0 Å². The van der Waals surface area contributed by atoms with Crippen molar-refractivity contribution in [3.63, 3.8) is 0 Å². The first-order valence-corrected chi connectivity index (χ1v) is 4.47. The van der Waals surface area contributed by atoms with Crippen molar-refractivity contribution in [2.75, 3.05) is 0 Å². The summed E-state index contributed by atoms with van der Waals surface area (Å²) in [6.45, 7) is 8.06. The molecule has 12 heavy (non-hydrogen) atoms. The van der Waals surface area contributed by atoms with Crippen LogP contribution in [0.15, 0.2) is 24.8 Å². The summed E-state index contributed by atoms with van der Waals surface area (Å²) < 4.78 is 0. The van der Waals surface area contributed by atoms with E-state index in [1.807, 2.05) is 25.1 Å². The average molecular weight is 181 g/mol. The highest BCUT2D eigenvalue weighted by molar-refractivity contribution is 6.30. The lowest BCUT2D eigenvalue weighted by molar-refractivity contribution is 1.13. The fourth-order valence-corrected chi connectivity index (χ4v) is 1.47. The van der Waals surface area contributed by atoms with Crippen molar-refractivity contribution in [2.45, 2.75) is 20.3 Å². The minimum absolute atomic E-state index is 0.803. The highest BCUT2D eigenvalue weighted by atomic mass is 35.5. The summed E-state index contributed by atoms with van der Waals surface area (Å²) in [7, 11) is 0. The van der Waals surface area contributed by atoms with Crippen molar-refractivity contribution < 1.29 is 0 Å². The number of benzene rings is 1. The number of halogens is 1. The minimum atomic E-state index is 0.803. The quantitative estimate of drug-likeness (QED) is 0.647. The molecule has 0 aliphatic carbocycles. The van der Waals surface area contributed by atoms with E-state index in [0.717, 1.165) is 17.0 Å². The zero-order chi connectivity index (χ0) is 9.14. The van der Waals surface area contributed by atoms with Gasteiger partial charge in [-0.2, -0.15) is 0 Å². The second kappa shape index (κ2) is 3.77. The van der Waals surface area contributed by atoms with Crippen LogP contribution in [0.2, 0.25) is 5.02 Å². The lowest BCUT2D eigenvalue weighted by Gasteiger charge is -2.06. The molecule has 0 spiro atoms. The van der Waals surface area contributed by atoms with Crippen LogP contribution in [0.1, 0.15) is 25.0 Å². The summed E-state index contributed by atoms with van der Waals surface area (Å²) in [6, 6.07) is 5.94.